The fourth-order valence-electron chi connectivity index (χ4n) is 1.56. The lowest BCUT2D eigenvalue weighted by Gasteiger charge is -2.18. The van der Waals surface area contributed by atoms with Crippen LogP contribution >= 0.6 is 31.9 Å². The summed E-state index contributed by atoms with van der Waals surface area (Å²) in [6, 6.07) is 6.49. The van der Waals surface area contributed by atoms with Crippen LogP contribution in [0.5, 0.6) is 0 Å². The van der Waals surface area contributed by atoms with Gasteiger partial charge in [0.25, 0.3) is 0 Å². The maximum Gasteiger partial charge on any atom is 0.330 e. The van der Waals surface area contributed by atoms with Crippen LogP contribution in [0.2, 0.25) is 0 Å². The van der Waals surface area contributed by atoms with Gasteiger partial charge < -0.3 is 5.11 Å². The Morgan fingerprint density at radius 1 is 1.29 bits per heavy atom. The minimum Gasteiger partial charge on any atom is -0.381 e. The van der Waals surface area contributed by atoms with Crippen molar-refractivity contribution in [2.45, 2.75) is 10.9 Å². The third kappa shape index (κ3) is 2.48. The standard InChI is InChI=1S/C11H7Br2F2NO/c12-8-4-3-7(10(17)11(13,14)15)9-6(8)2-1-5-16-9/h1-5,10,17H. The molecule has 1 aromatic carbocycles. The van der Waals surface area contributed by atoms with E-state index >= 15 is 0 Å². The first-order valence-corrected chi connectivity index (χ1v) is 6.28. The number of pyridine rings is 1. The Morgan fingerprint density at radius 2 is 2.00 bits per heavy atom. The van der Waals surface area contributed by atoms with Crippen molar-refractivity contribution in [2.75, 3.05) is 0 Å². The van der Waals surface area contributed by atoms with Gasteiger partial charge in [-0.3, -0.25) is 4.98 Å². The highest BCUT2D eigenvalue weighted by molar-refractivity contribution is 9.10. The Balaban J connectivity index is 2.67. The molecule has 1 heterocycles. The molecule has 90 valence electrons. The summed E-state index contributed by atoms with van der Waals surface area (Å²) in [7, 11) is 0. The second kappa shape index (κ2) is 4.59. The maximum absolute atomic E-state index is 13.1. The number of alkyl halides is 3. The molecule has 0 amide bonds. The van der Waals surface area contributed by atoms with Gasteiger partial charge in [-0.15, -0.1) is 0 Å². The summed E-state index contributed by atoms with van der Waals surface area (Å²) in [5.41, 5.74) is 0.444. The minimum atomic E-state index is -3.38. The molecule has 0 bridgehead atoms. The summed E-state index contributed by atoms with van der Waals surface area (Å²) in [6.45, 7) is 0. The zero-order chi connectivity index (χ0) is 12.6. The summed E-state index contributed by atoms with van der Waals surface area (Å²) in [5, 5.41) is 10.3. The van der Waals surface area contributed by atoms with E-state index in [1.165, 1.54) is 12.3 Å². The van der Waals surface area contributed by atoms with E-state index in [1.807, 2.05) is 0 Å². The van der Waals surface area contributed by atoms with Gasteiger partial charge >= 0.3 is 4.83 Å². The van der Waals surface area contributed by atoms with E-state index in [4.69, 9.17) is 0 Å². The van der Waals surface area contributed by atoms with Gasteiger partial charge in [-0.2, -0.15) is 8.78 Å². The number of fused-ring (bicyclic) bond motifs is 1. The van der Waals surface area contributed by atoms with Crippen molar-refractivity contribution < 1.29 is 13.9 Å². The SMILES string of the molecule is OC(c1ccc(Br)c2cccnc12)C(F)(F)Br. The number of hydrogen-bond donors (Lipinski definition) is 1. The molecule has 1 N–H and O–H groups in total. The molecule has 0 saturated carbocycles. The monoisotopic (exact) mass is 365 g/mol. The molecular weight excluding hydrogens is 360 g/mol. The van der Waals surface area contributed by atoms with Crippen LogP contribution in [0.25, 0.3) is 10.9 Å². The first-order valence-electron chi connectivity index (χ1n) is 4.69. The summed E-state index contributed by atoms with van der Waals surface area (Å²) < 4.78 is 26.9. The summed E-state index contributed by atoms with van der Waals surface area (Å²) >= 11 is 5.47. The zero-order valence-corrected chi connectivity index (χ0v) is 11.5. The summed E-state index contributed by atoms with van der Waals surface area (Å²) in [6.07, 6.45) is -0.440. The molecule has 0 spiro atoms. The average Bonchev–Trinajstić information content (AvgIpc) is 2.28. The number of aliphatic hydroxyl groups is 1. The predicted molar refractivity (Wildman–Crippen MR) is 68.3 cm³/mol. The van der Waals surface area contributed by atoms with Crippen molar-refractivity contribution in [1.29, 1.82) is 0 Å². The Kier molecular flexibility index (Phi) is 3.47. The molecule has 2 rings (SSSR count). The number of aliphatic hydroxyl groups excluding tert-OH is 1. The molecule has 2 aromatic rings. The molecule has 1 aromatic heterocycles. The first kappa shape index (κ1) is 12.9. The van der Waals surface area contributed by atoms with Crippen LogP contribution in [-0.2, 0) is 0 Å². The van der Waals surface area contributed by atoms with Crippen molar-refractivity contribution in [2.24, 2.45) is 0 Å². The molecule has 1 unspecified atom stereocenters. The Labute approximate surface area is 113 Å². The van der Waals surface area contributed by atoms with Gasteiger partial charge in [0.15, 0.2) is 6.10 Å². The highest BCUT2D eigenvalue weighted by atomic mass is 79.9. The summed E-state index contributed by atoms with van der Waals surface area (Å²) in [5.74, 6) is 0. The minimum absolute atomic E-state index is 0.0886. The molecule has 0 saturated heterocycles. The van der Waals surface area contributed by atoms with Crippen molar-refractivity contribution in [3.8, 4) is 0 Å². The second-order valence-electron chi connectivity index (χ2n) is 3.48. The zero-order valence-electron chi connectivity index (χ0n) is 8.37. The van der Waals surface area contributed by atoms with Crippen LogP contribution in [0.1, 0.15) is 11.7 Å². The van der Waals surface area contributed by atoms with E-state index in [9.17, 15) is 13.9 Å². The van der Waals surface area contributed by atoms with Crippen LogP contribution in [0.4, 0.5) is 8.78 Å². The second-order valence-corrected chi connectivity index (χ2v) is 5.39. The normalized spacial score (nSPS) is 13.9. The van der Waals surface area contributed by atoms with Gasteiger partial charge in [0, 0.05) is 21.6 Å². The lowest BCUT2D eigenvalue weighted by molar-refractivity contribution is -0.0287. The number of aromatic nitrogens is 1. The van der Waals surface area contributed by atoms with E-state index in [1.54, 1.807) is 18.2 Å². The Hall–Kier alpha value is -0.590. The molecule has 0 aliphatic heterocycles. The molecule has 0 aliphatic rings. The fourth-order valence-corrected chi connectivity index (χ4v) is 2.26. The third-order valence-corrected chi connectivity index (χ3v) is 3.48. The topological polar surface area (TPSA) is 33.1 Å². The van der Waals surface area contributed by atoms with Crippen molar-refractivity contribution in [3.05, 3.63) is 40.5 Å². The van der Waals surface area contributed by atoms with Gasteiger partial charge in [-0.1, -0.05) is 28.1 Å². The van der Waals surface area contributed by atoms with E-state index in [0.29, 0.717) is 10.9 Å². The van der Waals surface area contributed by atoms with Crippen LogP contribution in [0, 0.1) is 0 Å². The van der Waals surface area contributed by atoms with E-state index in [-0.39, 0.29) is 5.56 Å². The fraction of sp³-hybridized carbons (Fsp3) is 0.182. The largest absolute Gasteiger partial charge is 0.381 e. The van der Waals surface area contributed by atoms with Crippen LogP contribution in [0.15, 0.2) is 34.9 Å². The molecule has 1 atom stereocenters. The quantitative estimate of drug-likeness (QED) is 0.814. The lowest BCUT2D eigenvalue weighted by atomic mass is 10.1. The summed E-state index contributed by atoms with van der Waals surface area (Å²) in [4.78, 5) is 0.649. The number of rotatable bonds is 2. The predicted octanol–water partition coefficient (Wildman–Crippen LogP) is 4.02. The van der Waals surface area contributed by atoms with E-state index in [2.05, 4.69) is 36.8 Å². The Morgan fingerprint density at radius 3 is 2.65 bits per heavy atom. The number of halogens is 4. The molecule has 2 nitrogen and oxygen atoms in total. The van der Waals surface area contributed by atoms with Gasteiger partial charge in [-0.05, 0) is 28.1 Å². The Bertz CT molecular complexity index is 557. The van der Waals surface area contributed by atoms with E-state index < -0.39 is 10.9 Å². The van der Waals surface area contributed by atoms with Crippen LogP contribution in [-0.4, -0.2) is 14.9 Å². The smallest absolute Gasteiger partial charge is 0.330 e. The van der Waals surface area contributed by atoms with E-state index in [0.717, 1.165) is 4.47 Å². The van der Waals surface area contributed by atoms with Crippen molar-refractivity contribution in [3.63, 3.8) is 0 Å². The lowest BCUT2D eigenvalue weighted by Crippen LogP contribution is -2.18. The molecule has 0 fully saturated rings. The molecule has 0 radical (unpaired) electrons. The average molecular weight is 367 g/mol. The third-order valence-electron chi connectivity index (χ3n) is 2.35. The highest BCUT2D eigenvalue weighted by Crippen LogP contribution is 2.39. The highest BCUT2D eigenvalue weighted by Gasteiger charge is 2.37. The molecule has 6 heteroatoms. The van der Waals surface area contributed by atoms with Gasteiger partial charge in [-0.25, -0.2) is 0 Å². The van der Waals surface area contributed by atoms with Crippen molar-refractivity contribution >= 4 is 42.8 Å². The molecular formula is C11H7Br2F2NO. The van der Waals surface area contributed by atoms with Gasteiger partial charge in [0.1, 0.15) is 0 Å². The number of hydrogen-bond acceptors (Lipinski definition) is 2. The maximum atomic E-state index is 13.1. The first-order chi connectivity index (χ1) is 7.91. The van der Waals surface area contributed by atoms with Gasteiger partial charge in [0.2, 0.25) is 0 Å². The van der Waals surface area contributed by atoms with Crippen molar-refractivity contribution in [1.82, 2.24) is 4.98 Å². The van der Waals surface area contributed by atoms with Crippen LogP contribution in [0.3, 0.4) is 0 Å². The van der Waals surface area contributed by atoms with Gasteiger partial charge in [0.05, 0.1) is 5.52 Å². The number of nitrogens with zero attached hydrogens (tertiary/aromatic N) is 1. The molecule has 17 heavy (non-hydrogen) atoms. The number of benzene rings is 1. The molecule has 0 aliphatic carbocycles. The van der Waals surface area contributed by atoms with Crippen LogP contribution < -0.4 is 0 Å².